The zero-order valence-corrected chi connectivity index (χ0v) is 13.6. The van der Waals surface area contributed by atoms with Gasteiger partial charge in [-0.05, 0) is 18.8 Å². The lowest BCUT2D eigenvalue weighted by atomic mass is 10.1. The van der Waals surface area contributed by atoms with Crippen LogP contribution in [0.4, 0.5) is 17.6 Å². The van der Waals surface area contributed by atoms with E-state index in [0.29, 0.717) is 17.9 Å². The summed E-state index contributed by atoms with van der Waals surface area (Å²) in [6.07, 6.45) is 7.43. The summed E-state index contributed by atoms with van der Waals surface area (Å²) in [5.41, 5.74) is 6.79. The molecule has 1 aliphatic heterocycles. The van der Waals surface area contributed by atoms with E-state index >= 15 is 0 Å². The van der Waals surface area contributed by atoms with E-state index in [1.807, 2.05) is 12.3 Å². The molecular weight excluding hydrogens is 290 g/mol. The Hall–Kier alpha value is -2.44. The summed E-state index contributed by atoms with van der Waals surface area (Å²) in [6.45, 7) is 6.07. The minimum Gasteiger partial charge on any atom is -0.368 e. The number of nitrogens with two attached hydrogens (primary N) is 1. The lowest BCUT2D eigenvalue weighted by molar-refractivity contribution is 0.525. The van der Waals surface area contributed by atoms with Crippen molar-refractivity contribution in [1.82, 2.24) is 19.9 Å². The van der Waals surface area contributed by atoms with Crippen LogP contribution in [0.15, 0.2) is 24.7 Å². The van der Waals surface area contributed by atoms with Crippen LogP contribution < -0.4 is 16.0 Å². The van der Waals surface area contributed by atoms with Gasteiger partial charge in [0.05, 0.1) is 11.9 Å². The first-order valence-corrected chi connectivity index (χ1v) is 8.04. The highest BCUT2D eigenvalue weighted by molar-refractivity contribution is 5.44. The summed E-state index contributed by atoms with van der Waals surface area (Å²) >= 11 is 0. The second-order valence-corrected chi connectivity index (χ2v) is 6.18. The molecule has 122 valence electrons. The van der Waals surface area contributed by atoms with E-state index in [1.54, 1.807) is 12.4 Å². The largest absolute Gasteiger partial charge is 0.368 e. The molecule has 0 saturated carbocycles. The van der Waals surface area contributed by atoms with Crippen LogP contribution in [0.5, 0.6) is 0 Å². The third kappa shape index (κ3) is 3.85. The van der Waals surface area contributed by atoms with Crippen LogP contribution in [0, 0.1) is 0 Å². The quantitative estimate of drug-likeness (QED) is 0.892. The molecule has 1 aliphatic rings. The first-order chi connectivity index (χ1) is 11.1. The summed E-state index contributed by atoms with van der Waals surface area (Å²) < 4.78 is 0. The van der Waals surface area contributed by atoms with Crippen LogP contribution in [-0.2, 0) is 0 Å². The van der Waals surface area contributed by atoms with Crippen LogP contribution >= 0.6 is 0 Å². The van der Waals surface area contributed by atoms with Gasteiger partial charge in [-0.15, -0.1) is 0 Å². The summed E-state index contributed by atoms with van der Waals surface area (Å²) in [4.78, 5) is 19.4. The molecule has 0 radical (unpaired) electrons. The average Bonchev–Trinajstić information content (AvgIpc) is 2.55. The fourth-order valence-electron chi connectivity index (χ4n) is 2.82. The van der Waals surface area contributed by atoms with Crippen molar-refractivity contribution in [1.29, 1.82) is 0 Å². The maximum absolute atomic E-state index is 5.83. The minimum absolute atomic E-state index is 0.306. The van der Waals surface area contributed by atoms with Gasteiger partial charge in [0.2, 0.25) is 5.95 Å². The van der Waals surface area contributed by atoms with Gasteiger partial charge in [0.25, 0.3) is 0 Å². The molecule has 3 heterocycles. The zero-order chi connectivity index (χ0) is 16.2. The molecular formula is C16H23N7. The second-order valence-electron chi connectivity index (χ2n) is 6.18. The van der Waals surface area contributed by atoms with Gasteiger partial charge in [0.1, 0.15) is 11.6 Å². The predicted octanol–water partition coefficient (Wildman–Crippen LogP) is 2.05. The Kier molecular flexibility index (Phi) is 4.55. The lowest BCUT2D eigenvalue weighted by Crippen LogP contribution is -2.42. The van der Waals surface area contributed by atoms with Crippen LogP contribution in [0.25, 0.3) is 0 Å². The molecule has 2 aromatic rings. The smallest absolute Gasteiger partial charge is 0.222 e. The first-order valence-electron chi connectivity index (χ1n) is 8.04. The molecule has 23 heavy (non-hydrogen) atoms. The molecule has 0 bridgehead atoms. The highest BCUT2D eigenvalue weighted by atomic mass is 15.2. The maximum atomic E-state index is 5.83. The monoisotopic (exact) mass is 313 g/mol. The van der Waals surface area contributed by atoms with E-state index < -0.39 is 0 Å². The Bertz CT molecular complexity index is 644. The fraction of sp³-hybridized carbons (Fsp3) is 0.500. The van der Waals surface area contributed by atoms with Crippen LogP contribution in [0.3, 0.4) is 0 Å². The molecule has 7 nitrogen and oxygen atoms in total. The van der Waals surface area contributed by atoms with Crippen molar-refractivity contribution < 1.29 is 0 Å². The number of rotatable bonds is 4. The molecule has 1 fully saturated rings. The number of piperidine rings is 1. The summed E-state index contributed by atoms with van der Waals surface area (Å²) in [7, 11) is 0. The Labute approximate surface area is 136 Å². The molecule has 7 heteroatoms. The lowest BCUT2D eigenvalue weighted by Gasteiger charge is -2.34. The zero-order valence-electron chi connectivity index (χ0n) is 13.6. The molecule has 3 N–H and O–H groups in total. The Morgan fingerprint density at radius 2 is 2.17 bits per heavy atom. The third-order valence-corrected chi connectivity index (χ3v) is 4.00. The highest BCUT2D eigenvalue weighted by Gasteiger charge is 2.21. The Morgan fingerprint density at radius 3 is 2.91 bits per heavy atom. The number of nitrogens with zero attached hydrogens (tertiary/aromatic N) is 5. The van der Waals surface area contributed by atoms with Crippen molar-refractivity contribution in [3.63, 3.8) is 0 Å². The van der Waals surface area contributed by atoms with Gasteiger partial charge < -0.3 is 16.0 Å². The van der Waals surface area contributed by atoms with Gasteiger partial charge >= 0.3 is 0 Å². The van der Waals surface area contributed by atoms with E-state index in [2.05, 4.69) is 44.0 Å². The molecule has 0 spiro atoms. The van der Waals surface area contributed by atoms with Crippen molar-refractivity contribution >= 4 is 17.6 Å². The van der Waals surface area contributed by atoms with E-state index in [-0.39, 0.29) is 0 Å². The summed E-state index contributed by atoms with van der Waals surface area (Å²) in [6, 6.07) is 2.29. The maximum Gasteiger partial charge on any atom is 0.222 e. The third-order valence-electron chi connectivity index (χ3n) is 4.00. The first kappa shape index (κ1) is 15.5. The van der Waals surface area contributed by atoms with E-state index in [0.717, 1.165) is 43.3 Å². The van der Waals surface area contributed by atoms with Gasteiger partial charge in [-0.3, -0.25) is 4.98 Å². The van der Waals surface area contributed by atoms with Gasteiger partial charge in [0, 0.05) is 37.6 Å². The van der Waals surface area contributed by atoms with Crippen LogP contribution in [-0.4, -0.2) is 39.1 Å². The number of nitrogen functional groups attached to an aromatic ring is 1. The van der Waals surface area contributed by atoms with Gasteiger partial charge in [-0.25, -0.2) is 9.97 Å². The van der Waals surface area contributed by atoms with Crippen LogP contribution in [0.1, 0.15) is 38.3 Å². The molecule has 3 rings (SSSR count). The molecule has 1 saturated heterocycles. The van der Waals surface area contributed by atoms with Crippen molar-refractivity contribution in [3.05, 3.63) is 30.4 Å². The SMILES string of the molecule is CC(C)c1cc(N[C@H]2CCCN(c3cnccn3)C2)nc(N)n1. The van der Waals surface area contributed by atoms with Gasteiger partial charge in [-0.2, -0.15) is 4.98 Å². The number of nitrogens with one attached hydrogen (secondary N) is 1. The fourth-order valence-corrected chi connectivity index (χ4v) is 2.82. The Balaban J connectivity index is 1.70. The van der Waals surface area contributed by atoms with Crippen molar-refractivity contribution in [2.75, 3.05) is 29.0 Å². The van der Waals surface area contributed by atoms with Crippen LogP contribution in [0.2, 0.25) is 0 Å². The highest BCUT2D eigenvalue weighted by Crippen LogP contribution is 2.21. The molecule has 0 aliphatic carbocycles. The van der Waals surface area contributed by atoms with E-state index in [1.165, 1.54) is 0 Å². The molecule has 0 aromatic carbocycles. The summed E-state index contributed by atoms with van der Waals surface area (Å²) in [5.74, 6) is 2.36. The van der Waals surface area contributed by atoms with E-state index in [9.17, 15) is 0 Å². The molecule has 1 atom stereocenters. The minimum atomic E-state index is 0.306. The molecule has 0 amide bonds. The number of hydrogen-bond acceptors (Lipinski definition) is 7. The standard InChI is InChI=1S/C16H23N7/c1-11(2)13-8-14(22-16(17)21-13)20-12-4-3-7-23(10-12)15-9-18-5-6-19-15/h5-6,8-9,11-12H,3-4,7,10H2,1-2H3,(H3,17,20,21,22)/t12-/m0/s1. The topological polar surface area (TPSA) is 92.8 Å². The summed E-state index contributed by atoms with van der Waals surface area (Å²) in [5, 5.41) is 3.50. The van der Waals surface area contributed by atoms with Crippen molar-refractivity contribution in [2.45, 2.75) is 38.6 Å². The van der Waals surface area contributed by atoms with Gasteiger partial charge in [0.15, 0.2) is 0 Å². The molecule has 0 unspecified atom stereocenters. The number of aromatic nitrogens is 4. The van der Waals surface area contributed by atoms with Crippen molar-refractivity contribution in [2.24, 2.45) is 0 Å². The Morgan fingerprint density at radius 1 is 1.30 bits per heavy atom. The number of anilines is 3. The average molecular weight is 313 g/mol. The molecule has 2 aromatic heterocycles. The second kappa shape index (κ2) is 6.76. The van der Waals surface area contributed by atoms with Crippen molar-refractivity contribution in [3.8, 4) is 0 Å². The van der Waals surface area contributed by atoms with E-state index in [4.69, 9.17) is 5.73 Å². The predicted molar refractivity (Wildman–Crippen MR) is 91.4 cm³/mol. The van der Waals surface area contributed by atoms with Gasteiger partial charge in [-0.1, -0.05) is 13.8 Å². The normalized spacial score (nSPS) is 18.2. The number of hydrogen-bond donors (Lipinski definition) is 2.